The zero-order chi connectivity index (χ0) is 19.4. The largest absolute Gasteiger partial charge is 0.347 e. The fourth-order valence-electron chi connectivity index (χ4n) is 3.91. The third-order valence-corrected chi connectivity index (χ3v) is 7.34. The van der Waals surface area contributed by atoms with E-state index in [1.54, 1.807) is 49.4 Å². The standard InChI is InChI=1S/C20H20N2O4S/c1-13-6-5-7-14(10-13)27(25,26)22-11-17-20(2,12-22)18(23)15-8-3-4-9-16(15)19(24)21-17/h3-10,17H,11-12H2,1-2H3,(H,21,24)/t17-,20+/m1/s1. The van der Waals surface area contributed by atoms with E-state index in [4.69, 9.17) is 0 Å². The number of benzene rings is 2. The lowest BCUT2D eigenvalue weighted by molar-refractivity contribution is 0.0796. The first-order chi connectivity index (χ1) is 12.7. The van der Waals surface area contributed by atoms with Gasteiger partial charge in [0.2, 0.25) is 10.0 Å². The van der Waals surface area contributed by atoms with Gasteiger partial charge in [0, 0.05) is 18.7 Å². The molecule has 140 valence electrons. The minimum Gasteiger partial charge on any atom is -0.347 e. The second-order valence-electron chi connectivity index (χ2n) is 7.43. The van der Waals surface area contributed by atoms with E-state index in [1.165, 1.54) is 4.31 Å². The molecule has 4 rings (SSSR count). The van der Waals surface area contributed by atoms with Gasteiger partial charge in [-0.1, -0.05) is 30.3 Å². The molecule has 2 aromatic carbocycles. The summed E-state index contributed by atoms with van der Waals surface area (Å²) in [7, 11) is -3.76. The Balaban J connectivity index is 1.75. The number of aryl methyl sites for hydroxylation is 1. The molecular formula is C20H20N2O4S. The number of Topliss-reactive ketones (excluding diaryl/α,β-unsaturated/α-hetero) is 1. The van der Waals surface area contributed by atoms with Crippen LogP contribution in [0, 0.1) is 12.3 Å². The highest BCUT2D eigenvalue weighted by molar-refractivity contribution is 7.89. The molecule has 0 bridgehead atoms. The number of nitrogens with zero attached hydrogens (tertiary/aromatic N) is 1. The molecule has 1 saturated heterocycles. The number of rotatable bonds is 2. The molecule has 0 aromatic heterocycles. The summed E-state index contributed by atoms with van der Waals surface area (Å²) in [5.41, 5.74) is 0.508. The topological polar surface area (TPSA) is 83.6 Å². The van der Waals surface area contributed by atoms with Gasteiger partial charge in [0.05, 0.1) is 21.9 Å². The van der Waals surface area contributed by atoms with Crippen LogP contribution >= 0.6 is 0 Å². The molecule has 2 heterocycles. The van der Waals surface area contributed by atoms with Gasteiger partial charge in [0.1, 0.15) is 0 Å². The van der Waals surface area contributed by atoms with Crippen LogP contribution in [0.25, 0.3) is 0 Å². The molecule has 2 aromatic rings. The molecule has 0 saturated carbocycles. The van der Waals surface area contributed by atoms with Crippen molar-refractivity contribution in [3.05, 3.63) is 65.2 Å². The average molecular weight is 384 g/mol. The molecule has 0 spiro atoms. The summed E-state index contributed by atoms with van der Waals surface area (Å²) in [6.45, 7) is 3.66. The minimum absolute atomic E-state index is 0.0292. The van der Waals surface area contributed by atoms with Gasteiger partial charge in [-0.2, -0.15) is 4.31 Å². The summed E-state index contributed by atoms with van der Waals surface area (Å²) in [6.07, 6.45) is 0. The molecule has 7 heteroatoms. The summed E-state index contributed by atoms with van der Waals surface area (Å²) < 4.78 is 27.5. The lowest BCUT2D eigenvalue weighted by Crippen LogP contribution is -2.47. The number of hydrogen-bond donors (Lipinski definition) is 1. The molecule has 2 aliphatic heterocycles. The van der Waals surface area contributed by atoms with E-state index in [2.05, 4.69) is 5.32 Å². The number of hydrogen-bond acceptors (Lipinski definition) is 4. The zero-order valence-corrected chi connectivity index (χ0v) is 15.9. The van der Waals surface area contributed by atoms with E-state index < -0.39 is 21.5 Å². The Kier molecular flexibility index (Phi) is 3.98. The number of fused-ring (bicyclic) bond motifs is 2. The molecule has 2 atom stereocenters. The third kappa shape index (κ3) is 2.69. The Bertz CT molecular complexity index is 1060. The lowest BCUT2D eigenvalue weighted by atomic mass is 9.78. The molecule has 2 aliphatic rings. The summed E-state index contributed by atoms with van der Waals surface area (Å²) in [6, 6.07) is 12.8. The van der Waals surface area contributed by atoms with Crippen LogP contribution in [0.1, 0.15) is 33.2 Å². The van der Waals surface area contributed by atoms with Crippen molar-refractivity contribution in [3.63, 3.8) is 0 Å². The predicted octanol–water partition coefficient (Wildman–Crippen LogP) is 2.00. The Hall–Kier alpha value is -2.51. The van der Waals surface area contributed by atoms with Gasteiger partial charge in [-0.3, -0.25) is 9.59 Å². The molecule has 0 unspecified atom stereocenters. The van der Waals surface area contributed by atoms with Crippen LogP contribution in [0.15, 0.2) is 53.4 Å². The quantitative estimate of drug-likeness (QED) is 0.858. The first-order valence-electron chi connectivity index (χ1n) is 8.75. The normalized spacial score (nSPS) is 25.5. The Morgan fingerprint density at radius 1 is 1.07 bits per heavy atom. The van der Waals surface area contributed by atoms with Crippen LogP contribution in [0.5, 0.6) is 0 Å². The van der Waals surface area contributed by atoms with E-state index in [-0.39, 0.29) is 29.7 Å². The maximum atomic E-state index is 13.2. The van der Waals surface area contributed by atoms with Crippen molar-refractivity contribution in [2.24, 2.45) is 5.41 Å². The summed E-state index contributed by atoms with van der Waals surface area (Å²) in [5.74, 6) is -0.550. The second-order valence-corrected chi connectivity index (χ2v) is 9.37. The van der Waals surface area contributed by atoms with Crippen molar-refractivity contribution < 1.29 is 18.0 Å². The third-order valence-electron chi connectivity index (χ3n) is 5.53. The van der Waals surface area contributed by atoms with E-state index in [1.807, 2.05) is 13.0 Å². The van der Waals surface area contributed by atoms with Crippen LogP contribution in [0.3, 0.4) is 0 Å². The number of carbonyl (C=O) groups excluding carboxylic acids is 2. The average Bonchev–Trinajstić information content (AvgIpc) is 2.96. The van der Waals surface area contributed by atoms with Gasteiger partial charge in [0.15, 0.2) is 5.78 Å². The van der Waals surface area contributed by atoms with Crippen molar-refractivity contribution in [3.8, 4) is 0 Å². The first-order valence-corrected chi connectivity index (χ1v) is 10.2. The van der Waals surface area contributed by atoms with Crippen molar-refractivity contribution in [1.82, 2.24) is 9.62 Å². The van der Waals surface area contributed by atoms with Crippen molar-refractivity contribution >= 4 is 21.7 Å². The van der Waals surface area contributed by atoms with Gasteiger partial charge in [-0.15, -0.1) is 0 Å². The van der Waals surface area contributed by atoms with Gasteiger partial charge < -0.3 is 5.32 Å². The van der Waals surface area contributed by atoms with Crippen LogP contribution in [-0.2, 0) is 10.0 Å². The van der Waals surface area contributed by atoms with Gasteiger partial charge in [0.25, 0.3) is 5.91 Å². The zero-order valence-electron chi connectivity index (χ0n) is 15.1. The Morgan fingerprint density at radius 3 is 2.48 bits per heavy atom. The molecule has 6 nitrogen and oxygen atoms in total. The maximum absolute atomic E-state index is 13.2. The molecule has 1 fully saturated rings. The summed E-state index contributed by atoms with van der Waals surface area (Å²) >= 11 is 0. The van der Waals surface area contributed by atoms with Crippen LogP contribution in [-0.4, -0.2) is 43.5 Å². The highest BCUT2D eigenvalue weighted by Gasteiger charge is 2.54. The Labute approximate surface area is 158 Å². The van der Waals surface area contributed by atoms with E-state index in [0.717, 1.165) is 5.56 Å². The summed E-state index contributed by atoms with van der Waals surface area (Å²) in [5, 5.41) is 2.87. The maximum Gasteiger partial charge on any atom is 0.252 e. The number of amides is 1. The van der Waals surface area contributed by atoms with E-state index >= 15 is 0 Å². The smallest absolute Gasteiger partial charge is 0.252 e. The highest BCUT2D eigenvalue weighted by Crippen LogP contribution is 2.39. The van der Waals surface area contributed by atoms with Crippen LogP contribution in [0.2, 0.25) is 0 Å². The number of ketones is 1. The number of sulfonamides is 1. The highest BCUT2D eigenvalue weighted by atomic mass is 32.2. The molecule has 1 N–H and O–H groups in total. The van der Waals surface area contributed by atoms with E-state index in [9.17, 15) is 18.0 Å². The fraction of sp³-hybridized carbons (Fsp3) is 0.300. The number of carbonyl (C=O) groups is 2. The van der Waals surface area contributed by atoms with Crippen LogP contribution in [0.4, 0.5) is 0 Å². The molecule has 0 radical (unpaired) electrons. The van der Waals surface area contributed by atoms with Crippen LogP contribution < -0.4 is 5.32 Å². The first kappa shape index (κ1) is 17.9. The molecule has 0 aliphatic carbocycles. The van der Waals surface area contributed by atoms with Gasteiger partial charge in [-0.05, 0) is 37.6 Å². The van der Waals surface area contributed by atoms with E-state index in [0.29, 0.717) is 11.1 Å². The molecule has 1 amide bonds. The minimum atomic E-state index is -3.76. The summed E-state index contributed by atoms with van der Waals surface area (Å²) in [4.78, 5) is 26.0. The van der Waals surface area contributed by atoms with Gasteiger partial charge in [-0.25, -0.2) is 8.42 Å². The van der Waals surface area contributed by atoms with Crippen molar-refractivity contribution in [2.75, 3.05) is 13.1 Å². The van der Waals surface area contributed by atoms with Crippen molar-refractivity contribution in [1.29, 1.82) is 0 Å². The Morgan fingerprint density at radius 2 is 1.78 bits per heavy atom. The molecule has 27 heavy (non-hydrogen) atoms. The van der Waals surface area contributed by atoms with Crippen molar-refractivity contribution in [2.45, 2.75) is 24.8 Å². The lowest BCUT2D eigenvalue weighted by Gasteiger charge is -2.26. The molecular weight excluding hydrogens is 364 g/mol. The monoisotopic (exact) mass is 384 g/mol. The fourth-order valence-corrected chi connectivity index (χ4v) is 5.58. The predicted molar refractivity (Wildman–Crippen MR) is 100 cm³/mol. The number of nitrogens with one attached hydrogen (secondary N) is 1. The SMILES string of the molecule is Cc1cccc(S(=O)(=O)N2C[C@H]3NC(=O)c4ccccc4C(=O)[C@@]3(C)C2)c1. The second kappa shape index (κ2) is 6.00. The van der Waals surface area contributed by atoms with Gasteiger partial charge >= 0.3 is 0 Å².